The van der Waals surface area contributed by atoms with E-state index in [4.69, 9.17) is 11.6 Å². The van der Waals surface area contributed by atoms with Crippen LogP contribution >= 0.6 is 11.6 Å². The number of benzene rings is 2. The van der Waals surface area contributed by atoms with Gasteiger partial charge in [0, 0.05) is 30.3 Å². The summed E-state index contributed by atoms with van der Waals surface area (Å²) in [5.74, 6) is -0.859. The van der Waals surface area contributed by atoms with Gasteiger partial charge >= 0.3 is 6.36 Å². The first-order valence-electron chi connectivity index (χ1n) is 9.38. The zero-order valence-corrected chi connectivity index (χ0v) is 16.9. The highest BCUT2D eigenvalue weighted by molar-refractivity contribution is 6.33. The summed E-state index contributed by atoms with van der Waals surface area (Å²) in [5, 5.41) is 2.89. The van der Waals surface area contributed by atoms with Gasteiger partial charge in [0.2, 0.25) is 11.8 Å². The Kier molecular flexibility index (Phi) is 6.55. The fraction of sp³-hybridized carbons (Fsp3) is 0.333. The van der Waals surface area contributed by atoms with Crippen LogP contribution < -0.4 is 10.1 Å². The molecule has 9 heteroatoms. The Bertz CT molecular complexity index is 949. The van der Waals surface area contributed by atoms with Crippen LogP contribution in [0.5, 0.6) is 5.75 Å². The number of anilines is 1. The maximum Gasteiger partial charge on any atom is 0.573 e. The van der Waals surface area contributed by atoms with Gasteiger partial charge in [-0.2, -0.15) is 0 Å². The highest BCUT2D eigenvalue weighted by Gasteiger charge is 2.33. The first-order valence-corrected chi connectivity index (χ1v) is 9.76. The fourth-order valence-corrected chi connectivity index (χ4v) is 3.80. The molecule has 2 aromatic rings. The minimum atomic E-state index is -4.83. The van der Waals surface area contributed by atoms with Gasteiger partial charge in [0.1, 0.15) is 11.8 Å². The predicted molar refractivity (Wildman–Crippen MR) is 107 cm³/mol. The Morgan fingerprint density at radius 3 is 2.53 bits per heavy atom. The number of carbonyl (C=O) groups is 2. The second kappa shape index (κ2) is 8.95. The molecule has 0 spiro atoms. The third-order valence-corrected chi connectivity index (χ3v) is 5.16. The van der Waals surface area contributed by atoms with Gasteiger partial charge in [-0.25, -0.2) is 0 Å². The molecule has 1 unspecified atom stereocenters. The molecular weight excluding hydrogens is 421 g/mol. The van der Waals surface area contributed by atoms with Crippen molar-refractivity contribution in [2.75, 3.05) is 11.9 Å². The number of para-hydroxylation sites is 1. The van der Waals surface area contributed by atoms with Crippen molar-refractivity contribution >= 4 is 29.1 Å². The number of nitrogens with zero attached hydrogens (tertiary/aromatic N) is 1. The molecule has 1 heterocycles. The number of ether oxygens (including phenoxy) is 1. The number of carbonyl (C=O) groups excluding carboxylic acids is 2. The van der Waals surface area contributed by atoms with Gasteiger partial charge < -0.3 is 15.0 Å². The van der Waals surface area contributed by atoms with E-state index in [1.807, 2.05) is 0 Å². The van der Waals surface area contributed by atoms with Crippen molar-refractivity contribution in [1.82, 2.24) is 4.90 Å². The lowest BCUT2D eigenvalue weighted by Crippen LogP contribution is -2.49. The summed E-state index contributed by atoms with van der Waals surface area (Å²) < 4.78 is 42.1. The topological polar surface area (TPSA) is 58.6 Å². The summed E-state index contributed by atoms with van der Waals surface area (Å²) in [6, 6.07) is 9.63. The number of alkyl halides is 3. The van der Waals surface area contributed by atoms with Gasteiger partial charge in [-0.1, -0.05) is 35.9 Å². The Morgan fingerprint density at radius 2 is 1.87 bits per heavy atom. The van der Waals surface area contributed by atoms with Crippen molar-refractivity contribution in [2.45, 2.75) is 38.6 Å². The summed E-state index contributed by atoms with van der Waals surface area (Å²) in [4.78, 5) is 26.0. The fourth-order valence-electron chi connectivity index (χ4n) is 3.52. The van der Waals surface area contributed by atoms with E-state index in [1.165, 1.54) is 37.3 Å². The van der Waals surface area contributed by atoms with Gasteiger partial charge in [0.05, 0.1) is 5.02 Å². The molecule has 1 fully saturated rings. The third kappa shape index (κ3) is 5.24. The molecule has 3 rings (SSSR count). The van der Waals surface area contributed by atoms with Crippen LogP contribution in [0.4, 0.5) is 18.9 Å². The summed E-state index contributed by atoms with van der Waals surface area (Å²) >= 11 is 6.30. The van der Waals surface area contributed by atoms with E-state index in [1.54, 1.807) is 17.0 Å². The molecule has 0 saturated carbocycles. The molecule has 1 atom stereocenters. The summed E-state index contributed by atoms with van der Waals surface area (Å²) in [6.07, 6.45) is -2.57. The number of halogens is 4. The molecule has 160 valence electrons. The van der Waals surface area contributed by atoms with Crippen LogP contribution in [0, 0.1) is 0 Å². The quantitative estimate of drug-likeness (QED) is 0.706. The average Bonchev–Trinajstić information content (AvgIpc) is 2.67. The standard InChI is InChI=1S/C21H20ClF3N2O3/c1-13(28)27-11-5-4-7-18(27)20(29)26-14-9-10-15(17(22)12-14)16-6-2-3-8-19(16)30-21(23,24)25/h2-3,6,8-10,12,18H,4-5,7,11H2,1H3,(H,26,29). The Hall–Kier alpha value is -2.74. The Morgan fingerprint density at radius 1 is 1.13 bits per heavy atom. The highest BCUT2D eigenvalue weighted by atomic mass is 35.5. The number of likely N-dealkylation sites (tertiary alicyclic amines) is 1. The third-order valence-electron chi connectivity index (χ3n) is 4.85. The van der Waals surface area contributed by atoms with Crippen molar-refractivity contribution in [3.05, 3.63) is 47.5 Å². The van der Waals surface area contributed by atoms with E-state index >= 15 is 0 Å². The van der Waals surface area contributed by atoms with Crippen LogP contribution in [0.3, 0.4) is 0 Å². The van der Waals surface area contributed by atoms with Crippen LogP contribution in [0.15, 0.2) is 42.5 Å². The van der Waals surface area contributed by atoms with E-state index in [2.05, 4.69) is 10.1 Å². The van der Waals surface area contributed by atoms with Crippen molar-refractivity contribution in [3.63, 3.8) is 0 Å². The minimum absolute atomic E-state index is 0.151. The first-order chi connectivity index (χ1) is 14.2. The molecule has 30 heavy (non-hydrogen) atoms. The van der Waals surface area contributed by atoms with Crippen LogP contribution in [0.25, 0.3) is 11.1 Å². The van der Waals surface area contributed by atoms with E-state index in [9.17, 15) is 22.8 Å². The lowest BCUT2D eigenvalue weighted by molar-refractivity contribution is -0.274. The highest BCUT2D eigenvalue weighted by Crippen LogP contribution is 2.38. The molecule has 1 saturated heterocycles. The second-order valence-corrected chi connectivity index (χ2v) is 7.36. The molecular formula is C21H20ClF3N2O3. The van der Waals surface area contributed by atoms with Gasteiger partial charge in [-0.15, -0.1) is 13.2 Å². The Labute approximate surface area is 176 Å². The molecule has 0 radical (unpaired) electrons. The molecule has 1 aliphatic rings. The largest absolute Gasteiger partial charge is 0.573 e. The zero-order chi connectivity index (χ0) is 21.9. The molecule has 2 aromatic carbocycles. The molecule has 1 N–H and O–H groups in total. The maximum atomic E-state index is 12.7. The monoisotopic (exact) mass is 440 g/mol. The Balaban J connectivity index is 1.81. The van der Waals surface area contributed by atoms with Crippen LogP contribution in [0.2, 0.25) is 5.02 Å². The molecule has 1 aliphatic heterocycles. The lowest BCUT2D eigenvalue weighted by atomic mass is 10.0. The zero-order valence-electron chi connectivity index (χ0n) is 16.1. The number of hydrogen-bond donors (Lipinski definition) is 1. The summed E-state index contributed by atoms with van der Waals surface area (Å²) in [7, 11) is 0. The van der Waals surface area contributed by atoms with Gasteiger partial charge in [0.15, 0.2) is 0 Å². The number of nitrogens with one attached hydrogen (secondary N) is 1. The number of rotatable bonds is 4. The normalized spacial score (nSPS) is 16.8. The van der Waals surface area contributed by atoms with Gasteiger partial charge in [-0.05, 0) is 37.5 Å². The molecule has 2 amide bonds. The molecule has 0 bridgehead atoms. The van der Waals surface area contributed by atoms with Crippen molar-refractivity contribution < 1.29 is 27.5 Å². The van der Waals surface area contributed by atoms with E-state index in [0.29, 0.717) is 24.2 Å². The lowest BCUT2D eigenvalue weighted by Gasteiger charge is -2.33. The first kappa shape index (κ1) is 22.0. The minimum Gasteiger partial charge on any atom is -0.405 e. The van der Waals surface area contributed by atoms with Crippen LogP contribution in [-0.2, 0) is 9.59 Å². The molecule has 0 aromatic heterocycles. The van der Waals surface area contributed by atoms with Crippen molar-refractivity contribution in [2.24, 2.45) is 0 Å². The van der Waals surface area contributed by atoms with Gasteiger partial charge in [-0.3, -0.25) is 9.59 Å². The van der Waals surface area contributed by atoms with Crippen molar-refractivity contribution in [3.8, 4) is 16.9 Å². The molecule has 5 nitrogen and oxygen atoms in total. The van der Waals surface area contributed by atoms with Crippen LogP contribution in [0.1, 0.15) is 26.2 Å². The average molecular weight is 441 g/mol. The van der Waals surface area contributed by atoms with E-state index in [-0.39, 0.29) is 28.1 Å². The number of hydrogen-bond acceptors (Lipinski definition) is 3. The number of amides is 2. The summed E-state index contributed by atoms with van der Waals surface area (Å²) in [6.45, 7) is 1.96. The SMILES string of the molecule is CC(=O)N1CCCCC1C(=O)Nc1ccc(-c2ccccc2OC(F)(F)F)c(Cl)c1. The van der Waals surface area contributed by atoms with Gasteiger partial charge in [0.25, 0.3) is 0 Å². The maximum absolute atomic E-state index is 12.7. The van der Waals surface area contributed by atoms with Crippen LogP contribution in [-0.4, -0.2) is 35.7 Å². The van der Waals surface area contributed by atoms with E-state index in [0.717, 1.165) is 12.8 Å². The smallest absolute Gasteiger partial charge is 0.405 e. The van der Waals surface area contributed by atoms with E-state index < -0.39 is 12.4 Å². The predicted octanol–water partition coefficient (Wildman–Crippen LogP) is 5.25. The second-order valence-electron chi connectivity index (χ2n) is 6.95. The molecule has 0 aliphatic carbocycles. The number of piperidine rings is 1. The summed E-state index contributed by atoms with van der Waals surface area (Å²) in [5.41, 5.74) is 0.891. The van der Waals surface area contributed by atoms with Crippen molar-refractivity contribution in [1.29, 1.82) is 0 Å².